The highest BCUT2D eigenvalue weighted by Crippen LogP contribution is 2.02. The van der Waals surface area contributed by atoms with Gasteiger partial charge in [0.25, 0.3) is 0 Å². The van der Waals surface area contributed by atoms with Crippen LogP contribution in [0.5, 0.6) is 0 Å². The number of hydrogen-bond acceptors (Lipinski definition) is 4. The minimum Gasteiger partial charge on any atom is -0.366 e. The molecule has 0 spiro atoms. The zero-order chi connectivity index (χ0) is 5.44. The number of nitrogens with two attached hydrogens (primary N) is 1. The monoisotopic (exact) mass is 136 g/mol. The van der Waals surface area contributed by atoms with Gasteiger partial charge in [0.2, 0.25) is 5.95 Å². The van der Waals surface area contributed by atoms with E-state index in [2.05, 4.69) is 30.7 Å². The molecule has 0 amide bonds. The van der Waals surface area contributed by atoms with Crippen LogP contribution in [0.25, 0.3) is 0 Å². The lowest BCUT2D eigenvalue weighted by Crippen LogP contribution is -2.17. The van der Waals surface area contributed by atoms with Crippen LogP contribution >= 0.6 is 25.6 Å². The summed E-state index contributed by atoms with van der Waals surface area (Å²) < 4.78 is 2.53. The summed E-state index contributed by atoms with van der Waals surface area (Å²) in [7, 11) is 0. The minimum absolute atomic E-state index is 0.360. The van der Waals surface area contributed by atoms with Crippen LogP contribution in [0.3, 0.4) is 0 Å². The molecule has 4 nitrogen and oxygen atoms in total. The van der Waals surface area contributed by atoms with E-state index in [4.69, 9.17) is 5.73 Å². The Balaban J connectivity index is 2.92. The summed E-state index contributed by atoms with van der Waals surface area (Å²) in [6, 6.07) is 0. The lowest BCUT2D eigenvalue weighted by molar-refractivity contribution is 0.692. The molecule has 1 heterocycles. The minimum atomic E-state index is 0.360. The number of aromatic nitrogens is 3. The Morgan fingerprint density at radius 2 is 2.14 bits per heavy atom. The number of nitrogen functional groups attached to an aromatic ring is 1. The Morgan fingerprint density at radius 1 is 1.57 bits per heavy atom. The first-order valence-corrected chi connectivity index (χ1v) is 2.34. The molecule has 0 saturated heterocycles. The van der Waals surface area contributed by atoms with Gasteiger partial charge in [-0.3, -0.25) is 0 Å². The highest BCUT2D eigenvalue weighted by atomic mass is 32.1. The molecule has 0 bridgehead atoms. The second-order valence-electron chi connectivity index (χ2n) is 1.02. The van der Waals surface area contributed by atoms with E-state index in [0.717, 1.165) is 0 Å². The SMILES string of the molecule is Nc1nn(S)n1S. The summed E-state index contributed by atoms with van der Waals surface area (Å²) >= 11 is 7.56. The summed E-state index contributed by atoms with van der Waals surface area (Å²) in [6.07, 6.45) is 0. The Morgan fingerprint density at radius 3 is 2.14 bits per heavy atom. The second kappa shape index (κ2) is 1.38. The van der Waals surface area contributed by atoms with Gasteiger partial charge in [0, 0.05) is 0 Å². The average molecular weight is 136 g/mol. The van der Waals surface area contributed by atoms with E-state index in [-0.39, 0.29) is 0 Å². The molecule has 0 saturated carbocycles. The van der Waals surface area contributed by atoms with Crippen molar-refractivity contribution in [3.8, 4) is 0 Å². The summed E-state index contributed by atoms with van der Waals surface area (Å²) in [5.41, 5.74) is 5.12. The zero-order valence-electron chi connectivity index (χ0n) is 3.31. The first-order valence-electron chi connectivity index (χ1n) is 1.54. The molecule has 0 aromatic carbocycles. The Hall–Kier alpha value is -0.230. The molecular weight excluding hydrogens is 132 g/mol. The van der Waals surface area contributed by atoms with Crippen molar-refractivity contribution in [1.29, 1.82) is 0 Å². The van der Waals surface area contributed by atoms with E-state index in [1.54, 1.807) is 0 Å². The fourth-order valence-corrected chi connectivity index (χ4v) is 0.491. The van der Waals surface area contributed by atoms with Crippen molar-refractivity contribution in [2.75, 3.05) is 5.73 Å². The fraction of sp³-hybridized carbons (Fsp3) is 0. The quantitative estimate of drug-likeness (QED) is 0.427. The number of hydrogen-bond donors (Lipinski definition) is 3. The summed E-state index contributed by atoms with van der Waals surface area (Å²) in [5, 5.41) is 3.54. The molecular formula is CH4N4S2. The van der Waals surface area contributed by atoms with Crippen molar-refractivity contribution in [2.45, 2.75) is 0 Å². The normalized spacial score (nSPS) is 10.0. The van der Waals surface area contributed by atoms with Gasteiger partial charge >= 0.3 is 0 Å². The van der Waals surface area contributed by atoms with Crippen molar-refractivity contribution < 1.29 is 0 Å². The predicted octanol–water partition coefficient (Wildman–Crippen LogP) is -0.347. The van der Waals surface area contributed by atoms with Crippen LogP contribution in [0.1, 0.15) is 0 Å². The third-order valence-electron chi connectivity index (χ3n) is 0.566. The van der Waals surface area contributed by atoms with Crippen LogP contribution < -0.4 is 5.73 Å². The molecule has 0 atom stereocenters. The molecule has 0 aliphatic carbocycles. The van der Waals surface area contributed by atoms with Crippen LogP contribution in [-0.4, -0.2) is 13.4 Å². The van der Waals surface area contributed by atoms with E-state index in [1.165, 1.54) is 8.29 Å². The Labute approximate surface area is 51.3 Å². The third-order valence-corrected chi connectivity index (χ3v) is 1.35. The largest absolute Gasteiger partial charge is 0.366 e. The molecule has 2 N–H and O–H groups in total. The van der Waals surface area contributed by atoms with E-state index in [9.17, 15) is 0 Å². The van der Waals surface area contributed by atoms with Crippen molar-refractivity contribution in [3.63, 3.8) is 0 Å². The predicted molar refractivity (Wildman–Crippen MR) is 33.4 cm³/mol. The molecule has 7 heavy (non-hydrogen) atoms. The lowest BCUT2D eigenvalue weighted by atomic mass is 11.1. The average Bonchev–Trinajstić information content (AvgIpc) is 1.68. The first kappa shape index (κ1) is 4.92. The second-order valence-corrected chi connectivity index (χ2v) is 1.75. The topological polar surface area (TPSA) is 48.8 Å². The van der Waals surface area contributed by atoms with Gasteiger partial charge in [-0.25, -0.2) is 0 Å². The number of thiol groups is 2. The van der Waals surface area contributed by atoms with Crippen LogP contribution in [-0.2, 0) is 0 Å². The fourth-order valence-electron chi connectivity index (χ4n) is 0.228. The van der Waals surface area contributed by atoms with Crippen molar-refractivity contribution in [3.05, 3.63) is 0 Å². The van der Waals surface area contributed by atoms with E-state index >= 15 is 0 Å². The van der Waals surface area contributed by atoms with Gasteiger partial charge in [-0.2, -0.15) is 4.09 Å². The molecule has 1 rings (SSSR count). The molecule has 0 radical (unpaired) electrons. The molecule has 6 heteroatoms. The molecule has 0 aliphatic heterocycles. The third kappa shape index (κ3) is 0.592. The molecule has 0 unspecified atom stereocenters. The van der Waals surface area contributed by atoms with E-state index in [1.807, 2.05) is 0 Å². The zero-order valence-corrected chi connectivity index (χ0v) is 5.10. The molecule has 40 valence electrons. The highest BCUT2D eigenvalue weighted by molar-refractivity contribution is 7.81. The number of anilines is 1. The summed E-state index contributed by atoms with van der Waals surface area (Å²) in [6.45, 7) is 0. The standard InChI is InChI=1S/CH4N4S2/c2-1-3-5(7)4(1)6/h6-7H,(H2,2,3). The van der Waals surface area contributed by atoms with E-state index < -0.39 is 0 Å². The first-order chi connectivity index (χ1) is 3.22. The number of nitrogens with zero attached hydrogens (tertiary/aromatic N) is 3. The van der Waals surface area contributed by atoms with Gasteiger partial charge < -0.3 is 5.73 Å². The van der Waals surface area contributed by atoms with Crippen molar-refractivity contribution in [2.24, 2.45) is 0 Å². The molecule has 1 aromatic heterocycles. The van der Waals surface area contributed by atoms with Crippen molar-refractivity contribution >= 4 is 31.6 Å². The number of rotatable bonds is 0. The van der Waals surface area contributed by atoms with Gasteiger partial charge in [-0.1, -0.05) is 0 Å². The van der Waals surface area contributed by atoms with Crippen LogP contribution in [0, 0.1) is 0 Å². The molecule has 0 aliphatic rings. The highest BCUT2D eigenvalue weighted by Gasteiger charge is 1.98. The van der Waals surface area contributed by atoms with Crippen molar-refractivity contribution in [1.82, 2.24) is 13.4 Å². The van der Waals surface area contributed by atoms with E-state index in [0.29, 0.717) is 5.95 Å². The van der Waals surface area contributed by atoms with Gasteiger partial charge in [-0.05, 0) is 25.6 Å². The molecule has 0 fully saturated rings. The summed E-state index contributed by atoms with van der Waals surface area (Å²) in [5.74, 6) is 0.360. The van der Waals surface area contributed by atoms with Gasteiger partial charge in [0.05, 0.1) is 0 Å². The Bertz CT molecular complexity index is 148. The maximum atomic E-state index is 5.12. The van der Waals surface area contributed by atoms with Gasteiger partial charge in [-0.15, -0.1) is 9.30 Å². The smallest absolute Gasteiger partial charge is 0.248 e. The lowest BCUT2D eigenvalue weighted by Gasteiger charge is -2.09. The van der Waals surface area contributed by atoms with Crippen LogP contribution in [0.15, 0.2) is 0 Å². The van der Waals surface area contributed by atoms with Gasteiger partial charge in [0.15, 0.2) is 0 Å². The van der Waals surface area contributed by atoms with Crippen LogP contribution in [0.4, 0.5) is 5.95 Å². The maximum Gasteiger partial charge on any atom is 0.248 e. The Kier molecular flexibility index (Phi) is 0.966. The maximum absolute atomic E-state index is 5.12. The summed E-state index contributed by atoms with van der Waals surface area (Å²) in [4.78, 5) is 0. The van der Waals surface area contributed by atoms with Gasteiger partial charge in [0.1, 0.15) is 0 Å². The molecule has 1 aromatic rings. The van der Waals surface area contributed by atoms with Crippen LogP contribution in [0.2, 0.25) is 0 Å².